The largest absolute Gasteiger partial charge is 1.00 e. The highest BCUT2D eigenvalue weighted by atomic mass is 35.5. The molecular formula is C13H26Cl2N2O2. The average molecular weight is 313 g/mol. The summed E-state index contributed by atoms with van der Waals surface area (Å²) >= 11 is 5.55. The Labute approximate surface area is 127 Å². The summed E-state index contributed by atoms with van der Waals surface area (Å²) in [4.78, 5) is 14.2. The number of ether oxygens (including phenoxy) is 1. The Balaban J connectivity index is 0.00000324. The van der Waals surface area contributed by atoms with Gasteiger partial charge in [0, 0.05) is 5.54 Å². The van der Waals surface area contributed by atoms with E-state index in [-0.39, 0.29) is 18.4 Å². The number of hydrogen-bond donors (Lipinski definition) is 1. The normalized spacial score (nSPS) is 18.5. The fourth-order valence-electron chi connectivity index (χ4n) is 2.32. The molecule has 0 aromatic heterocycles. The number of nitrogens with one attached hydrogen (secondary N) is 1. The number of halogens is 2. The maximum absolute atomic E-state index is 11.6. The standard InChI is InChI=1S/C13H26ClN2O2.ClH/c1-13(2,15-14)11-12(17)18-10-9-16(3)7-5-4-6-8-16;/h15H,4-11H2,1-3H3;1H/q+1;/p-1. The molecule has 114 valence electrons. The number of carbonyl (C=O) groups excluding carboxylic acids is 1. The lowest BCUT2D eigenvalue weighted by atomic mass is 10.0. The van der Waals surface area contributed by atoms with Crippen molar-refractivity contribution in [2.24, 2.45) is 0 Å². The van der Waals surface area contributed by atoms with Gasteiger partial charge in [0.25, 0.3) is 0 Å². The summed E-state index contributed by atoms with van der Waals surface area (Å²) in [5.41, 5.74) is -0.414. The molecule has 1 fully saturated rings. The molecular weight excluding hydrogens is 287 g/mol. The molecule has 0 aliphatic carbocycles. The minimum atomic E-state index is -0.414. The van der Waals surface area contributed by atoms with Gasteiger partial charge in [0.2, 0.25) is 0 Å². The number of quaternary nitrogens is 1. The third kappa shape index (κ3) is 7.35. The van der Waals surface area contributed by atoms with Crippen molar-refractivity contribution in [3.05, 3.63) is 0 Å². The SMILES string of the molecule is CC(C)(CC(=O)OCC[N+]1(C)CCCCC1)NCl.[Cl-]. The predicted octanol–water partition coefficient (Wildman–Crippen LogP) is -0.924. The summed E-state index contributed by atoms with van der Waals surface area (Å²) in [5, 5.41) is 0. The summed E-state index contributed by atoms with van der Waals surface area (Å²) in [6.45, 7) is 7.58. The van der Waals surface area contributed by atoms with Crippen LogP contribution >= 0.6 is 11.8 Å². The highest BCUT2D eigenvalue weighted by Crippen LogP contribution is 2.16. The number of hydrogen-bond acceptors (Lipinski definition) is 3. The Bertz CT molecular complexity index is 280. The van der Waals surface area contributed by atoms with Crippen LogP contribution in [0.25, 0.3) is 0 Å². The van der Waals surface area contributed by atoms with Gasteiger partial charge in [-0.2, -0.15) is 0 Å². The predicted molar refractivity (Wildman–Crippen MR) is 73.3 cm³/mol. The lowest BCUT2D eigenvalue weighted by Gasteiger charge is -2.37. The lowest BCUT2D eigenvalue weighted by Crippen LogP contribution is -3.00. The van der Waals surface area contributed by atoms with Crippen LogP contribution in [-0.2, 0) is 9.53 Å². The molecule has 1 saturated heterocycles. The van der Waals surface area contributed by atoms with Crippen molar-refractivity contribution >= 4 is 17.7 Å². The molecule has 4 nitrogen and oxygen atoms in total. The number of esters is 1. The number of nitrogens with zero attached hydrogens (tertiary/aromatic N) is 1. The molecule has 6 heteroatoms. The molecule has 1 aliphatic rings. The van der Waals surface area contributed by atoms with Crippen molar-refractivity contribution < 1.29 is 26.4 Å². The highest BCUT2D eigenvalue weighted by molar-refractivity contribution is 6.14. The first kappa shape index (κ1) is 19.0. The van der Waals surface area contributed by atoms with E-state index in [1.807, 2.05) is 13.8 Å². The monoisotopic (exact) mass is 312 g/mol. The fourth-order valence-corrected chi connectivity index (χ4v) is 2.39. The van der Waals surface area contributed by atoms with Gasteiger partial charge in [-0.15, -0.1) is 0 Å². The molecule has 0 aromatic carbocycles. The zero-order valence-electron chi connectivity index (χ0n) is 12.2. The Kier molecular flexibility index (Phi) is 8.29. The first-order valence-corrected chi connectivity index (χ1v) is 7.12. The fraction of sp³-hybridized carbons (Fsp3) is 0.923. The molecule has 1 N–H and O–H groups in total. The van der Waals surface area contributed by atoms with E-state index in [2.05, 4.69) is 11.9 Å². The van der Waals surface area contributed by atoms with Crippen LogP contribution in [0.1, 0.15) is 39.5 Å². The number of carbonyl (C=O) groups is 1. The van der Waals surface area contributed by atoms with Crippen LogP contribution in [0.5, 0.6) is 0 Å². The van der Waals surface area contributed by atoms with Gasteiger partial charge in [0.15, 0.2) is 0 Å². The third-order valence-electron chi connectivity index (χ3n) is 3.63. The van der Waals surface area contributed by atoms with Gasteiger partial charge in [0.05, 0.1) is 26.6 Å². The molecule has 0 unspecified atom stereocenters. The van der Waals surface area contributed by atoms with E-state index in [1.165, 1.54) is 32.4 Å². The highest BCUT2D eigenvalue weighted by Gasteiger charge is 2.26. The molecule has 0 radical (unpaired) electrons. The van der Waals surface area contributed by atoms with Crippen LogP contribution in [-0.4, -0.2) is 49.3 Å². The molecule has 1 aliphatic heterocycles. The average Bonchev–Trinajstić information content (AvgIpc) is 2.29. The molecule has 1 rings (SSSR count). The summed E-state index contributed by atoms with van der Waals surface area (Å²) < 4.78 is 6.33. The zero-order valence-corrected chi connectivity index (χ0v) is 13.7. The van der Waals surface area contributed by atoms with Crippen molar-refractivity contribution in [1.29, 1.82) is 0 Å². The molecule has 0 amide bonds. The van der Waals surface area contributed by atoms with Gasteiger partial charge < -0.3 is 21.6 Å². The van der Waals surface area contributed by atoms with E-state index in [4.69, 9.17) is 16.5 Å². The number of piperidine rings is 1. The van der Waals surface area contributed by atoms with Crippen molar-refractivity contribution in [2.75, 3.05) is 33.3 Å². The maximum Gasteiger partial charge on any atom is 0.307 e. The smallest absolute Gasteiger partial charge is 0.307 e. The zero-order chi connectivity index (χ0) is 13.6. The van der Waals surface area contributed by atoms with Gasteiger partial charge in [-0.1, -0.05) is 0 Å². The van der Waals surface area contributed by atoms with E-state index < -0.39 is 5.54 Å². The van der Waals surface area contributed by atoms with Crippen molar-refractivity contribution in [2.45, 2.75) is 45.1 Å². The summed E-state index contributed by atoms with van der Waals surface area (Å²) in [7, 11) is 2.25. The second kappa shape index (κ2) is 8.30. The van der Waals surface area contributed by atoms with E-state index in [1.54, 1.807) is 0 Å². The topological polar surface area (TPSA) is 38.3 Å². The molecule has 0 spiro atoms. The van der Waals surface area contributed by atoms with E-state index in [0.717, 1.165) is 11.0 Å². The molecule has 0 aromatic rings. The van der Waals surface area contributed by atoms with Crippen LogP contribution in [0.4, 0.5) is 0 Å². The number of rotatable bonds is 6. The van der Waals surface area contributed by atoms with Crippen molar-refractivity contribution in [3.63, 3.8) is 0 Å². The quantitative estimate of drug-likeness (QED) is 0.391. The van der Waals surface area contributed by atoms with Gasteiger partial charge in [0.1, 0.15) is 13.2 Å². The second-order valence-electron chi connectivity index (χ2n) is 6.23. The third-order valence-corrected chi connectivity index (χ3v) is 4.14. The Morgan fingerprint density at radius 1 is 1.32 bits per heavy atom. The molecule has 0 atom stereocenters. The van der Waals surface area contributed by atoms with E-state index >= 15 is 0 Å². The first-order valence-electron chi connectivity index (χ1n) is 6.74. The van der Waals surface area contributed by atoms with Crippen LogP contribution in [0.2, 0.25) is 0 Å². The molecule has 0 bridgehead atoms. The summed E-state index contributed by atoms with van der Waals surface area (Å²) in [5.74, 6) is -0.184. The van der Waals surface area contributed by atoms with Crippen LogP contribution in [0.3, 0.4) is 0 Å². The molecule has 0 saturated carbocycles. The maximum atomic E-state index is 11.6. The van der Waals surface area contributed by atoms with Gasteiger partial charge >= 0.3 is 5.97 Å². The minimum Gasteiger partial charge on any atom is -1.00 e. The van der Waals surface area contributed by atoms with Gasteiger partial charge in [-0.05, 0) is 44.9 Å². The first-order chi connectivity index (χ1) is 8.37. The van der Waals surface area contributed by atoms with Gasteiger partial charge in [-0.3, -0.25) is 4.79 Å². The number of likely N-dealkylation sites (tertiary alicyclic amines) is 1. The lowest BCUT2D eigenvalue weighted by molar-refractivity contribution is -0.914. The molecule has 1 heterocycles. The minimum absolute atomic E-state index is 0. The van der Waals surface area contributed by atoms with Gasteiger partial charge in [-0.25, -0.2) is 4.84 Å². The van der Waals surface area contributed by atoms with Crippen LogP contribution in [0, 0.1) is 0 Å². The van der Waals surface area contributed by atoms with Crippen molar-refractivity contribution in [1.82, 2.24) is 4.84 Å². The summed E-state index contributed by atoms with van der Waals surface area (Å²) in [6.07, 6.45) is 4.20. The number of likely N-dealkylation sites (N-methyl/N-ethyl adjacent to an activating group) is 1. The van der Waals surface area contributed by atoms with Crippen molar-refractivity contribution in [3.8, 4) is 0 Å². The van der Waals surface area contributed by atoms with E-state index in [9.17, 15) is 4.79 Å². The van der Waals surface area contributed by atoms with E-state index in [0.29, 0.717) is 13.0 Å². The van der Waals surface area contributed by atoms with Crippen LogP contribution in [0.15, 0.2) is 0 Å². The Hall–Kier alpha value is -0.0300. The van der Waals surface area contributed by atoms with Crippen LogP contribution < -0.4 is 17.2 Å². The Morgan fingerprint density at radius 3 is 2.42 bits per heavy atom. The summed E-state index contributed by atoms with van der Waals surface area (Å²) in [6, 6.07) is 0. The molecule has 19 heavy (non-hydrogen) atoms. The Morgan fingerprint density at radius 2 is 1.89 bits per heavy atom. The second-order valence-corrected chi connectivity index (χ2v) is 6.42.